The molecule has 1 nitrogen and oxygen atoms in total. The number of nitrogens with zero attached hydrogens (tertiary/aromatic N) is 1. The van der Waals surface area contributed by atoms with Crippen LogP contribution in [0, 0.1) is 5.82 Å². The standard InChI is InChI=1S/C44H27F4N/c45-31-23-24-33(37(26-31)44(46,47)48)27-19-21-29(22-20-27)40-41-34-16-8-7-13-30(34)25-36(41)39(28-11-3-1-4-12-28)42-35-17-9-10-18-38(35)49(43(40)42)32-14-5-2-6-15-32/h1-24,26H,25H2. The molecule has 0 atom stereocenters. The van der Waals surface area contributed by atoms with Gasteiger partial charge in [0.2, 0.25) is 0 Å². The molecule has 8 aromatic rings. The summed E-state index contributed by atoms with van der Waals surface area (Å²) in [7, 11) is 0. The normalized spacial score (nSPS) is 12.4. The van der Waals surface area contributed by atoms with Gasteiger partial charge in [-0.15, -0.1) is 0 Å². The Morgan fingerprint density at radius 2 is 1.16 bits per heavy atom. The number of benzene rings is 7. The summed E-state index contributed by atoms with van der Waals surface area (Å²) < 4.78 is 58.4. The van der Waals surface area contributed by atoms with Gasteiger partial charge in [-0.1, -0.05) is 121 Å². The molecule has 236 valence electrons. The molecule has 0 amide bonds. The van der Waals surface area contributed by atoms with E-state index in [2.05, 4.69) is 89.5 Å². The van der Waals surface area contributed by atoms with Crippen LogP contribution in [0.5, 0.6) is 0 Å². The molecule has 0 N–H and O–H groups in total. The molecule has 0 aliphatic heterocycles. The van der Waals surface area contributed by atoms with E-state index < -0.39 is 17.6 Å². The van der Waals surface area contributed by atoms with Gasteiger partial charge in [0.05, 0.1) is 16.6 Å². The SMILES string of the molecule is Fc1ccc(-c2ccc(-c3c4c(c(-c5ccccc5)c5c6ccccc6n(-c6ccccc6)c35)Cc3ccccc3-4)cc2)c(C(F)(F)F)c1. The lowest BCUT2D eigenvalue weighted by molar-refractivity contribution is -0.137. The lowest BCUT2D eigenvalue weighted by Gasteiger charge is -2.20. The maximum absolute atomic E-state index is 14.0. The van der Waals surface area contributed by atoms with E-state index in [-0.39, 0.29) is 5.56 Å². The maximum atomic E-state index is 14.0. The van der Waals surface area contributed by atoms with E-state index >= 15 is 0 Å². The first-order valence-corrected chi connectivity index (χ1v) is 16.2. The minimum absolute atomic E-state index is 0.0565. The molecule has 49 heavy (non-hydrogen) atoms. The van der Waals surface area contributed by atoms with Crippen molar-refractivity contribution >= 4 is 21.8 Å². The van der Waals surface area contributed by atoms with Gasteiger partial charge in [-0.2, -0.15) is 13.2 Å². The van der Waals surface area contributed by atoms with E-state index in [0.29, 0.717) is 11.6 Å². The fourth-order valence-corrected chi connectivity index (χ4v) is 7.73. The van der Waals surface area contributed by atoms with E-state index in [0.717, 1.165) is 67.8 Å². The van der Waals surface area contributed by atoms with Crippen LogP contribution in [0.2, 0.25) is 0 Å². The molecule has 5 heteroatoms. The van der Waals surface area contributed by atoms with Gasteiger partial charge in [-0.05, 0) is 86.8 Å². The van der Waals surface area contributed by atoms with Crippen molar-refractivity contribution in [3.05, 3.63) is 174 Å². The summed E-state index contributed by atoms with van der Waals surface area (Å²) in [5.74, 6) is -0.920. The third kappa shape index (κ3) is 4.61. The molecule has 9 rings (SSSR count). The average Bonchev–Trinajstić information content (AvgIpc) is 3.67. The Morgan fingerprint density at radius 3 is 1.92 bits per heavy atom. The number of rotatable bonds is 4. The number of aromatic nitrogens is 1. The number of halogens is 4. The van der Waals surface area contributed by atoms with Crippen LogP contribution in [0.1, 0.15) is 16.7 Å². The molecule has 1 aliphatic carbocycles. The van der Waals surface area contributed by atoms with E-state index in [1.165, 1.54) is 22.8 Å². The highest BCUT2D eigenvalue weighted by molar-refractivity contribution is 6.24. The molecule has 1 aromatic heterocycles. The van der Waals surface area contributed by atoms with Crippen LogP contribution in [-0.4, -0.2) is 4.57 Å². The van der Waals surface area contributed by atoms with Crippen LogP contribution in [0.25, 0.3) is 72.0 Å². The molecule has 0 unspecified atom stereocenters. The fraction of sp³-hybridized carbons (Fsp3) is 0.0455. The van der Waals surface area contributed by atoms with Crippen molar-refractivity contribution in [2.75, 3.05) is 0 Å². The summed E-state index contributed by atoms with van der Waals surface area (Å²) in [4.78, 5) is 0. The second-order valence-electron chi connectivity index (χ2n) is 12.5. The Bertz CT molecular complexity index is 2540. The molecular weight excluding hydrogens is 618 g/mol. The lowest BCUT2D eigenvalue weighted by Crippen LogP contribution is -2.07. The predicted molar refractivity (Wildman–Crippen MR) is 190 cm³/mol. The smallest absolute Gasteiger partial charge is 0.309 e. The minimum atomic E-state index is -4.70. The molecule has 7 aromatic carbocycles. The van der Waals surface area contributed by atoms with Crippen LogP contribution in [0.3, 0.4) is 0 Å². The summed E-state index contributed by atoms with van der Waals surface area (Å²) in [6.07, 6.45) is -3.94. The van der Waals surface area contributed by atoms with E-state index in [1.54, 1.807) is 12.1 Å². The number of hydrogen-bond acceptors (Lipinski definition) is 0. The second kappa shape index (κ2) is 11.1. The Balaban J connectivity index is 1.43. The van der Waals surface area contributed by atoms with Crippen molar-refractivity contribution in [1.29, 1.82) is 0 Å². The molecule has 0 spiro atoms. The lowest BCUT2D eigenvalue weighted by atomic mass is 9.85. The van der Waals surface area contributed by atoms with Crippen molar-refractivity contribution in [1.82, 2.24) is 4.57 Å². The first-order chi connectivity index (χ1) is 23.9. The minimum Gasteiger partial charge on any atom is -0.309 e. The maximum Gasteiger partial charge on any atom is 0.417 e. The van der Waals surface area contributed by atoms with Crippen molar-refractivity contribution in [2.45, 2.75) is 12.6 Å². The van der Waals surface area contributed by atoms with Crippen LogP contribution < -0.4 is 0 Å². The van der Waals surface area contributed by atoms with Crippen molar-refractivity contribution in [2.24, 2.45) is 0 Å². The summed E-state index contributed by atoms with van der Waals surface area (Å²) in [5.41, 5.74) is 11.4. The van der Waals surface area contributed by atoms with Crippen molar-refractivity contribution in [3.63, 3.8) is 0 Å². The van der Waals surface area contributed by atoms with Gasteiger partial charge in [0.25, 0.3) is 0 Å². The van der Waals surface area contributed by atoms with Gasteiger partial charge in [0.1, 0.15) is 5.82 Å². The Hall–Kier alpha value is -5.94. The monoisotopic (exact) mass is 645 g/mol. The molecule has 1 heterocycles. The van der Waals surface area contributed by atoms with E-state index in [4.69, 9.17) is 0 Å². The van der Waals surface area contributed by atoms with Gasteiger partial charge in [-0.25, -0.2) is 4.39 Å². The molecule has 0 bridgehead atoms. The first kappa shape index (κ1) is 29.2. The summed E-state index contributed by atoms with van der Waals surface area (Å²) in [5, 5.41) is 2.26. The zero-order chi connectivity index (χ0) is 33.3. The predicted octanol–water partition coefficient (Wildman–Crippen LogP) is 12.5. The van der Waals surface area contributed by atoms with Crippen LogP contribution in [-0.2, 0) is 12.6 Å². The summed E-state index contributed by atoms with van der Waals surface area (Å²) >= 11 is 0. The fourth-order valence-electron chi connectivity index (χ4n) is 7.73. The second-order valence-corrected chi connectivity index (χ2v) is 12.5. The summed E-state index contributed by atoms with van der Waals surface area (Å²) in [6.45, 7) is 0. The Morgan fingerprint density at radius 1 is 0.531 bits per heavy atom. The average molecular weight is 646 g/mol. The highest BCUT2D eigenvalue weighted by Gasteiger charge is 2.35. The molecule has 0 saturated carbocycles. The van der Waals surface area contributed by atoms with Gasteiger partial charge in [0.15, 0.2) is 0 Å². The Kier molecular flexibility index (Phi) is 6.60. The highest BCUT2D eigenvalue weighted by atomic mass is 19.4. The van der Waals surface area contributed by atoms with Crippen LogP contribution in [0.4, 0.5) is 17.6 Å². The van der Waals surface area contributed by atoms with Gasteiger partial charge in [0, 0.05) is 22.0 Å². The third-order valence-corrected chi connectivity index (χ3v) is 9.72. The van der Waals surface area contributed by atoms with E-state index in [1.807, 2.05) is 36.4 Å². The topological polar surface area (TPSA) is 4.93 Å². The van der Waals surface area contributed by atoms with Gasteiger partial charge < -0.3 is 4.57 Å². The molecule has 0 radical (unpaired) electrons. The molecule has 0 fully saturated rings. The summed E-state index contributed by atoms with van der Waals surface area (Å²) in [6, 6.07) is 47.8. The molecule has 0 saturated heterocycles. The zero-order valence-electron chi connectivity index (χ0n) is 26.1. The third-order valence-electron chi connectivity index (χ3n) is 9.72. The molecular formula is C44H27F4N. The quantitative estimate of drug-likeness (QED) is 0.168. The van der Waals surface area contributed by atoms with E-state index in [9.17, 15) is 17.6 Å². The zero-order valence-corrected chi connectivity index (χ0v) is 26.1. The number of alkyl halides is 3. The Labute approximate surface area is 280 Å². The highest BCUT2D eigenvalue weighted by Crippen LogP contribution is 2.54. The van der Waals surface area contributed by atoms with Crippen molar-refractivity contribution < 1.29 is 17.6 Å². The van der Waals surface area contributed by atoms with Crippen LogP contribution >= 0.6 is 0 Å². The van der Waals surface area contributed by atoms with Crippen molar-refractivity contribution in [3.8, 4) is 50.2 Å². The van der Waals surface area contributed by atoms with Gasteiger partial charge >= 0.3 is 6.18 Å². The number of hydrogen-bond donors (Lipinski definition) is 0. The first-order valence-electron chi connectivity index (χ1n) is 16.2. The van der Waals surface area contributed by atoms with Crippen LogP contribution in [0.15, 0.2) is 152 Å². The number of fused-ring (bicyclic) bond motifs is 6. The van der Waals surface area contributed by atoms with Gasteiger partial charge in [-0.3, -0.25) is 0 Å². The number of para-hydroxylation sites is 2. The molecule has 1 aliphatic rings. The largest absolute Gasteiger partial charge is 0.417 e.